The summed E-state index contributed by atoms with van der Waals surface area (Å²) in [4.78, 5) is 18.1. The van der Waals surface area contributed by atoms with Gasteiger partial charge < -0.3 is 20.7 Å². The van der Waals surface area contributed by atoms with Crippen LogP contribution >= 0.6 is 0 Å². The van der Waals surface area contributed by atoms with Gasteiger partial charge in [0.1, 0.15) is 11.6 Å². The Kier molecular flexibility index (Phi) is 10.0. The minimum atomic E-state index is 0.638. The lowest BCUT2D eigenvalue weighted by Crippen LogP contribution is -2.31. The Hall–Kier alpha value is -4.46. The number of pyridine rings is 1. The number of fused-ring (bicyclic) bond motifs is 1. The van der Waals surface area contributed by atoms with Crippen LogP contribution in [0.25, 0.3) is 23.1 Å². The highest BCUT2D eigenvalue weighted by atomic mass is 16.5. The fourth-order valence-electron chi connectivity index (χ4n) is 3.95. The molecule has 0 aliphatic carbocycles. The zero-order chi connectivity index (χ0) is 26.4. The van der Waals surface area contributed by atoms with Crippen molar-refractivity contribution in [3.8, 4) is 5.75 Å². The van der Waals surface area contributed by atoms with Gasteiger partial charge in [-0.05, 0) is 67.5 Å². The zero-order valence-electron chi connectivity index (χ0n) is 22.0. The van der Waals surface area contributed by atoms with E-state index in [2.05, 4.69) is 25.9 Å². The molecular weight excluding hydrogens is 474 g/mol. The Morgan fingerprint density at radius 3 is 2.47 bits per heavy atom. The van der Waals surface area contributed by atoms with Gasteiger partial charge >= 0.3 is 0 Å². The smallest absolute Gasteiger partial charge is 0.195 e. The third kappa shape index (κ3) is 8.03. The number of rotatable bonds is 12. The van der Waals surface area contributed by atoms with Crippen LogP contribution in [0.2, 0.25) is 0 Å². The second-order valence-electron chi connectivity index (χ2n) is 8.73. The minimum Gasteiger partial charge on any atom is -0.497 e. The van der Waals surface area contributed by atoms with Crippen molar-refractivity contribution in [1.29, 1.82) is 0 Å². The number of hydrogen-bond donors (Lipinski definition) is 3. The van der Waals surface area contributed by atoms with Crippen LogP contribution in [0, 0.1) is 0 Å². The monoisotopic (exact) mass is 509 g/mol. The van der Waals surface area contributed by atoms with Crippen molar-refractivity contribution in [3.05, 3.63) is 84.4 Å². The number of methoxy groups -OCH3 is 1. The first-order chi connectivity index (χ1) is 18.7. The molecule has 8 heteroatoms. The van der Waals surface area contributed by atoms with Crippen LogP contribution in [0.15, 0.2) is 77.9 Å². The molecule has 2 aromatic carbocycles. The van der Waals surface area contributed by atoms with E-state index in [1.54, 1.807) is 20.4 Å². The maximum atomic E-state index is 5.43. The second kappa shape index (κ2) is 14.3. The Balaban J connectivity index is 1.27. The van der Waals surface area contributed by atoms with Crippen LogP contribution < -0.4 is 20.7 Å². The number of aliphatic imine (C=N–C) groups is 1. The molecular formula is C30H35N7O. The quantitative estimate of drug-likeness (QED) is 0.125. The van der Waals surface area contributed by atoms with Gasteiger partial charge in [-0.2, -0.15) is 0 Å². The van der Waals surface area contributed by atoms with Crippen molar-refractivity contribution in [1.82, 2.24) is 20.3 Å². The molecule has 0 aliphatic rings. The molecule has 0 unspecified atom stereocenters. The van der Waals surface area contributed by atoms with E-state index in [4.69, 9.17) is 14.7 Å². The number of hydrogen-bond acceptors (Lipinski definition) is 6. The number of nitrogens with one attached hydrogen (secondary N) is 3. The molecule has 2 aromatic heterocycles. The van der Waals surface area contributed by atoms with Crippen LogP contribution in [-0.2, 0) is 0 Å². The summed E-state index contributed by atoms with van der Waals surface area (Å²) in [6.07, 6.45) is 9.97. The van der Waals surface area contributed by atoms with E-state index in [0.717, 1.165) is 78.6 Å². The number of aromatic nitrogens is 3. The lowest BCUT2D eigenvalue weighted by atomic mass is 10.2. The summed E-state index contributed by atoms with van der Waals surface area (Å²) in [5.74, 6) is 3.02. The van der Waals surface area contributed by atoms with E-state index in [1.165, 1.54) is 0 Å². The van der Waals surface area contributed by atoms with Crippen molar-refractivity contribution >= 4 is 40.5 Å². The Labute approximate surface area is 224 Å². The van der Waals surface area contributed by atoms with E-state index in [-0.39, 0.29) is 0 Å². The molecule has 0 radical (unpaired) electrons. The van der Waals surface area contributed by atoms with Crippen LogP contribution in [0.1, 0.15) is 37.2 Å². The number of nitrogens with zero attached hydrogens (tertiary/aromatic N) is 4. The average Bonchev–Trinajstić information content (AvgIpc) is 2.97. The normalized spacial score (nSPS) is 11.6. The highest BCUT2D eigenvalue weighted by molar-refractivity contribution is 5.93. The molecule has 8 nitrogen and oxygen atoms in total. The summed E-state index contributed by atoms with van der Waals surface area (Å²) in [5, 5.41) is 11.1. The van der Waals surface area contributed by atoms with Gasteiger partial charge in [0.15, 0.2) is 11.8 Å². The highest BCUT2D eigenvalue weighted by Gasteiger charge is 2.08. The lowest BCUT2D eigenvalue weighted by Gasteiger charge is -2.12. The topological polar surface area (TPSA) is 96.4 Å². The van der Waals surface area contributed by atoms with Crippen LogP contribution in [0.4, 0.5) is 11.5 Å². The molecule has 4 rings (SSSR count). The van der Waals surface area contributed by atoms with Gasteiger partial charge in [-0.1, -0.05) is 37.1 Å². The van der Waals surface area contributed by atoms with E-state index in [1.807, 2.05) is 78.9 Å². The van der Waals surface area contributed by atoms with Crippen LogP contribution in [0.3, 0.4) is 0 Å². The van der Waals surface area contributed by atoms with Gasteiger partial charge in [-0.25, -0.2) is 9.97 Å². The molecule has 4 aromatic rings. The summed E-state index contributed by atoms with van der Waals surface area (Å²) in [5.41, 5.74) is 2.76. The summed E-state index contributed by atoms with van der Waals surface area (Å²) < 4.78 is 5.43. The van der Waals surface area contributed by atoms with Crippen molar-refractivity contribution < 1.29 is 4.74 Å². The average molecular weight is 510 g/mol. The van der Waals surface area contributed by atoms with Gasteiger partial charge in [-0.15, -0.1) is 0 Å². The first-order valence-electron chi connectivity index (χ1n) is 13.0. The predicted molar refractivity (Wildman–Crippen MR) is 158 cm³/mol. The van der Waals surface area contributed by atoms with E-state index >= 15 is 0 Å². The molecule has 196 valence electrons. The van der Waals surface area contributed by atoms with Crippen molar-refractivity contribution in [2.45, 2.75) is 25.7 Å². The first-order valence-corrected chi connectivity index (χ1v) is 13.0. The van der Waals surface area contributed by atoms with Gasteiger partial charge in [0.2, 0.25) is 0 Å². The second-order valence-corrected chi connectivity index (χ2v) is 8.73. The minimum absolute atomic E-state index is 0.638. The SMILES string of the molecule is CN=C(NCCCCCCNc1nc(C=Cc2ccccn2)nc2ccc(OC)cc12)Nc1ccccc1. The molecule has 38 heavy (non-hydrogen) atoms. The van der Waals surface area contributed by atoms with E-state index in [0.29, 0.717) is 5.82 Å². The molecule has 2 heterocycles. The van der Waals surface area contributed by atoms with Crippen molar-refractivity contribution in [2.24, 2.45) is 4.99 Å². The first kappa shape index (κ1) is 26.6. The fraction of sp³-hybridized carbons (Fsp3) is 0.267. The predicted octanol–water partition coefficient (Wildman–Crippen LogP) is 5.86. The molecule has 0 fully saturated rings. The number of ether oxygens (including phenoxy) is 1. The summed E-state index contributed by atoms with van der Waals surface area (Å²) in [7, 11) is 3.46. The Morgan fingerprint density at radius 2 is 1.71 bits per heavy atom. The maximum absolute atomic E-state index is 5.43. The van der Waals surface area contributed by atoms with Gasteiger partial charge in [0.05, 0.1) is 18.3 Å². The Morgan fingerprint density at radius 1 is 0.895 bits per heavy atom. The van der Waals surface area contributed by atoms with Gasteiger partial charge in [0.25, 0.3) is 0 Å². The summed E-state index contributed by atoms with van der Waals surface area (Å²) in [6.45, 7) is 1.71. The molecule has 3 N–H and O–H groups in total. The third-order valence-corrected chi connectivity index (χ3v) is 5.96. The van der Waals surface area contributed by atoms with Crippen LogP contribution in [0.5, 0.6) is 5.75 Å². The number of guanidine groups is 1. The number of benzene rings is 2. The molecule has 0 bridgehead atoms. The van der Waals surface area contributed by atoms with Crippen LogP contribution in [-0.4, -0.2) is 48.2 Å². The third-order valence-electron chi connectivity index (χ3n) is 5.96. The van der Waals surface area contributed by atoms with Gasteiger partial charge in [-0.3, -0.25) is 9.98 Å². The molecule has 0 saturated carbocycles. The molecule has 0 aliphatic heterocycles. The number of para-hydroxylation sites is 1. The van der Waals surface area contributed by atoms with Gasteiger partial charge in [0, 0.05) is 37.4 Å². The zero-order valence-corrected chi connectivity index (χ0v) is 22.0. The largest absolute Gasteiger partial charge is 0.497 e. The highest BCUT2D eigenvalue weighted by Crippen LogP contribution is 2.26. The van der Waals surface area contributed by atoms with E-state index in [9.17, 15) is 0 Å². The van der Waals surface area contributed by atoms with Crippen molar-refractivity contribution in [2.75, 3.05) is 37.9 Å². The molecule has 0 saturated heterocycles. The van der Waals surface area contributed by atoms with Crippen molar-refractivity contribution in [3.63, 3.8) is 0 Å². The lowest BCUT2D eigenvalue weighted by molar-refractivity contribution is 0.415. The maximum Gasteiger partial charge on any atom is 0.195 e. The van der Waals surface area contributed by atoms with E-state index < -0.39 is 0 Å². The standard InChI is InChI=1S/C30H35N7O/c1-31-30(35-24-13-6-5-7-14-24)34-21-10-4-3-9-20-33-29-26-22-25(38-2)16-17-27(26)36-28(37-29)18-15-23-12-8-11-19-32-23/h5-8,11-19,22H,3-4,9-10,20-21H2,1-2H3,(H2,31,34,35)(H,33,36,37). The molecule has 0 atom stereocenters. The molecule has 0 amide bonds. The summed E-state index contributed by atoms with van der Waals surface area (Å²) >= 11 is 0. The number of unbranched alkanes of at least 4 members (excludes halogenated alkanes) is 3. The number of anilines is 2. The molecule has 0 spiro atoms. The Bertz CT molecular complexity index is 1340. The summed E-state index contributed by atoms with van der Waals surface area (Å²) in [6, 6.07) is 21.7. The fourth-order valence-corrected chi connectivity index (χ4v) is 3.95.